The summed E-state index contributed by atoms with van der Waals surface area (Å²) >= 11 is 0. The third-order valence-electron chi connectivity index (χ3n) is 3.67. The smallest absolute Gasteiger partial charge is 0.308 e. The Morgan fingerprint density at radius 1 is 1.50 bits per heavy atom. The van der Waals surface area contributed by atoms with Crippen LogP contribution < -0.4 is 0 Å². The van der Waals surface area contributed by atoms with Crippen LogP contribution in [0.1, 0.15) is 23.5 Å². The SMILES string of the molecule is O=C(O)C1CCc2nc(Cc3cccc(F)c3)cn2C1. The van der Waals surface area contributed by atoms with Gasteiger partial charge in [-0.1, -0.05) is 12.1 Å². The van der Waals surface area contributed by atoms with E-state index in [1.165, 1.54) is 12.1 Å². The fourth-order valence-corrected chi connectivity index (χ4v) is 2.65. The zero-order valence-corrected chi connectivity index (χ0v) is 10.9. The van der Waals surface area contributed by atoms with Crippen LogP contribution in [0.3, 0.4) is 0 Å². The molecule has 0 saturated heterocycles. The molecule has 1 aliphatic rings. The summed E-state index contributed by atoms with van der Waals surface area (Å²) in [5, 5.41) is 9.06. The summed E-state index contributed by atoms with van der Waals surface area (Å²) in [6, 6.07) is 6.46. The van der Waals surface area contributed by atoms with E-state index in [1.807, 2.05) is 16.8 Å². The summed E-state index contributed by atoms with van der Waals surface area (Å²) in [7, 11) is 0. The first-order valence-electron chi connectivity index (χ1n) is 6.64. The highest BCUT2D eigenvalue weighted by atomic mass is 19.1. The lowest BCUT2D eigenvalue weighted by atomic mass is 10.00. The van der Waals surface area contributed by atoms with E-state index in [0.717, 1.165) is 17.1 Å². The number of aryl methyl sites for hydroxylation is 1. The van der Waals surface area contributed by atoms with Gasteiger partial charge in [0.2, 0.25) is 0 Å². The van der Waals surface area contributed by atoms with Crippen LogP contribution in [0.15, 0.2) is 30.5 Å². The lowest BCUT2D eigenvalue weighted by molar-refractivity contribution is -0.142. The summed E-state index contributed by atoms with van der Waals surface area (Å²) < 4.78 is 15.1. The van der Waals surface area contributed by atoms with Crippen molar-refractivity contribution in [1.82, 2.24) is 9.55 Å². The summed E-state index contributed by atoms with van der Waals surface area (Å²) in [5.41, 5.74) is 1.73. The largest absolute Gasteiger partial charge is 0.481 e. The van der Waals surface area contributed by atoms with Crippen LogP contribution in [0.2, 0.25) is 0 Å². The molecule has 1 aromatic carbocycles. The normalized spacial score (nSPS) is 17.8. The average Bonchev–Trinajstić information content (AvgIpc) is 2.79. The van der Waals surface area contributed by atoms with Gasteiger partial charge < -0.3 is 9.67 Å². The molecule has 0 saturated carbocycles. The van der Waals surface area contributed by atoms with Gasteiger partial charge in [0.05, 0.1) is 11.6 Å². The second kappa shape index (κ2) is 5.07. The van der Waals surface area contributed by atoms with E-state index < -0.39 is 5.97 Å². The summed E-state index contributed by atoms with van der Waals surface area (Å²) in [4.78, 5) is 15.5. The highest BCUT2D eigenvalue weighted by Gasteiger charge is 2.25. The van der Waals surface area contributed by atoms with Crippen molar-refractivity contribution in [2.45, 2.75) is 25.8 Å². The minimum Gasteiger partial charge on any atom is -0.481 e. The van der Waals surface area contributed by atoms with Gasteiger partial charge in [0, 0.05) is 25.6 Å². The van der Waals surface area contributed by atoms with E-state index in [1.54, 1.807) is 6.07 Å². The van der Waals surface area contributed by atoms with Gasteiger partial charge in [0.25, 0.3) is 0 Å². The second-order valence-corrected chi connectivity index (χ2v) is 5.18. The number of aromatic nitrogens is 2. The molecule has 0 amide bonds. The fourth-order valence-electron chi connectivity index (χ4n) is 2.65. The number of rotatable bonds is 3. The lowest BCUT2D eigenvalue weighted by Gasteiger charge is -2.19. The van der Waals surface area contributed by atoms with Crippen LogP contribution in [-0.4, -0.2) is 20.6 Å². The number of halogens is 1. The number of hydrogen-bond acceptors (Lipinski definition) is 2. The summed E-state index contributed by atoms with van der Waals surface area (Å²) in [5.74, 6) is -0.416. The molecule has 2 heterocycles. The molecular formula is C15H15FN2O2. The molecule has 0 radical (unpaired) electrons. The maximum absolute atomic E-state index is 13.1. The molecule has 4 nitrogen and oxygen atoms in total. The molecule has 0 bridgehead atoms. The average molecular weight is 274 g/mol. The predicted octanol–water partition coefficient (Wildman–Crippen LogP) is 2.26. The predicted molar refractivity (Wildman–Crippen MR) is 70.9 cm³/mol. The fraction of sp³-hybridized carbons (Fsp3) is 0.333. The third-order valence-corrected chi connectivity index (χ3v) is 3.67. The molecule has 1 unspecified atom stereocenters. The molecular weight excluding hydrogens is 259 g/mol. The van der Waals surface area contributed by atoms with E-state index in [0.29, 0.717) is 25.8 Å². The van der Waals surface area contributed by atoms with Crippen molar-refractivity contribution in [3.8, 4) is 0 Å². The first-order valence-corrected chi connectivity index (χ1v) is 6.64. The number of aliphatic carboxylic acids is 1. The second-order valence-electron chi connectivity index (χ2n) is 5.18. The molecule has 5 heteroatoms. The number of nitrogens with zero attached hydrogens (tertiary/aromatic N) is 2. The maximum atomic E-state index is 13.1. The molecule has 1 atom stereocenters. The first kappa shape index (κ1) is 12.8. The number of carbonyl (C=O) groups is 1. The number of hydrogen-bond donors (Lipinski definition) is 1. The van der Waals surface area contributed by atoms with Crippen molar-refractivity contribution < 1.29 is 14.3 Å². The Labute approximate surface area is 115 Å². The quantitative estimate of drug-likeness (QED) is 0.934. The van der Waals surface area contributed by atoms with Crippen molar-refractivity contribution >= 4 is 5.97 Å². The zero-order chi connectivity index (χ0) is 14.1. The van der Waals surface area contributed by atoms with E-state index >= 15 is 0 Å². The standard InChI is InChI=1S/C15H15FN2O2/c16-12-3-1-2-10(6-12)7-13-9-18-8-11(15(19)20)4-5-14(18)17-13/h1-3,6,9,11H,4-5,7-8H2,(H,19,20). The van der Waals surface area contributed by atoms with Gasteiger partial charge in [-0.05, 0) is 24.1 Å². The Bertz CT molecular complexity index is 651. The van der Waals surface area contributed by atoms with Gasteiger partial charge in [-0.3, -0.25) is 4.79 Å². The topological polar surface area (TPSA) is 55.1 Å². The van der Waals surface area contributed by atoms with E-state index in [9.17, 15) is 9.18 Å². The van der Waals surface area contributed by atoms with Crippen LogP contribution >= 0.6 is 0 Å². The lowest BCUT2D eigenvalue weighted by Crippen LogP contribution is -2.26. The molecule has 0 spiro atoms. The van der Waals surface area contributed by atoms with E-state index in [-0.39, 0.29) is 11.7 Å². The van der Waals surface area contributed by atoms with Crippen LogP contribution in [0.4, 0.5) is 4.39 Å². The Morgan fingerprint density at radius 3 is 3.10 bits per heavy atom. The number of carboxylic acids is 1. The van der Waals surface area contributed by atoms with Gasteiger partial charge in [-0.2, -0.15) is 0 Å². The van der Waals surface area contributed by atoms with Crippen LogP contribution in [0.5, 0.6) is 0 Å². The van der Waals surface area contributed by atoms with Crippen molar-refractivity contribution in [2.24, 2.45) is 5.92 Å². The third kappa shape index (κ3) is 2.57. The highest BCUT2D eigenvalue weighted by molar-refractivity contribution is 5.70. The molecule has 1 aromatic heterocycles. The molecule has 20 heavy (non-hydrogen) atoms. The molecule has 2 aromatic rings. The zero-order valence-electron chi connectivity index (χ0n) is 10.9. The first-order chi connectivity index (χ1) is 9.61. The minimum absolute atomic E-state index is 0.252. The molecule has 104 valence electrons. The van der Waals surface area contributed by atoms with Crippen LogP contribution in [-0.2, 0) is 24.2 Å². The number of carboxylic acid groups (broad SMARTS) is 1. The number of imidazole rings is 1. The Balaban J connectivity index is 1.79. The Morgan fingerprint density at radius 2 is 2.35 bits per heavy atom. The van der Waals surface area contributed by atoms with Gasteiger partial charge in [-0.25, -0.2) is 9.37 Å². The van der Waals surface area contributed by atoms with Gasteiger partial charge in [0.15, 0.2) is 0 Å². The monoisotopic (exact) mass is 274 g/mol. The Hall–Kier alpha value is -2.17. The highest BCUT2D eigenvalue weighted by Crippen LogP contribution is 2.21. The van der Waals surface area contributed by atoms with Crippen molar-refractivity contribution in [2.75, 3.05) is 0 Å². The molecule has 3 rings (SSSR count). The van der Waals surface area contributed by atoms with Gasteiger partial charge in [-0.15, -0.1) is 0 Å². The van der Waals surface area contributed by atoms with Gasteiger partial charge in [0.1, 0.15) is 11.6 Å². The molecule has 1 aliphatic heterocycles. The van der Waals surface area contributed by atoms with Crippen molar-refractivity contribution in [3.63, 3.8) is 0 Å². The van der Waals surface area contributed by atoms with E-state index in [2.05, 4.69) is 4.98 Å². The summed E-state index contributed by atoms with van der Waals surface area (Å²) in [6.07, 6.45) is 3.76. The maximum Gasteiger partial charge on any atom is 0.308 e. The van der Waals surface area contributed by atoms with Crippen molar-refractivity contribution in [1.29, 1.82) is 0 Å². The van der Waals surface area contributed by atoms with E-state index in [4.69, 9.17) is 5.11 Å². The minimum atomic E-state index is -0.754. The summed E-state index contributed by atoms with van der Waals surface area (Å²) in [6.45, 7) is 0.473. The Kier molecular flexibility index (Phi) is 3.26. The molecule has 0 aliphatic carbocycles. The van der Waals surface area contributed by atoms with Gasteiger partial charge >= 0.3 is 5.97 Å². The molecule has 1 N–H and O–H groups in total. The number of benzene rings is 1. The number of fused-ring (bicyclic) bond motifs is 1. The van der Waals surface area contributed by atoms with Crippen LogP contribution in [0, 0.1) is 11.7 Å². The van der Waals surface area contributed by atoms with Crippen LogP contribution in [0.25, 0.3) is 0 Å². The van der Waals surface area contributed by atoms with Crippen molar-refractivity contribution in [3.05, 3.63) is 53.4 Å². The molecule has 0 fully saturated rings.